The predicted molar refractivity (Wildman–Crippen MR) is 94.2 cm³/mol. The van der Waals surface area contributed by atoms with E-state index in [1.54, 1.807) is 0 Å². The fourth-order valence-corrected chi connectivity index (χ4v) is 3.64. The number of rotatable bonds is 4. The first-order valence-corrected chi connectivity index (χ1v) is 8.81. The van der Waals surface area contributed by atoms with Crippen molar-refractivity contribution >= 4 is 15.9 Å². The molecule has 1 aliphatic heterocycles. The predicted octanol–water partition coefficient (Wildman–Crippen LogP) is 4.41. The third-order valence-electron chi connectivity index (χ3n) is 4.16. The van der Waals surface area contributed by atoms with Crippen molar-refractivity contribution in [1.82, 2.24) is 4.90 Å². The molecule has 2 nitrogen and oxygen atoms in total. The van der Waals surface area contributed by atoms with E-state index in [0.29, 0.717) is 0 Å². The van der Waals surface area contributed by atoms with Gasteiger partial charge in [-0.2, -0.15) is 0 Å². The Balaban J connectivity index is 1.58. The van der Waals surface area contributed by atoms with Gasteiger partial charge in [0, 0.05) is 19.6 Å². The van der Waals surface area contributed by atoms with E-state index in [1.807, 2.05) is 0 Å². The van der Waals surface area contributed by atoms with Crippen LogP contribution in [0.25, 0.3) is 0 Å². The molecule has 0 radical (unpaired) electrons. The molecule has 116 valence electrons. The Kier molecular flexibility index (Phi) is 5.65. The summed E-state index contributed by atoms with van der Waals surface area (Å²) >= 11 is 3.83. The maximum absolute atomic E-state index is 6.10. The second kappa shape index (κ2) is 7.91. The standard InChI is InChI=1S/C19H22BrNO/c20-19(17-9-5-2-6-10-17)18-11-12-21(13-14-22-18)15-16-7-3-1-4-8-16/h1-10,18-19H,11-15H2/t18-,19-/m1/s1. The fraction of sp³-hybridized carbons (Fsp3) is 0.368. The molecule has 1 heterocycles. The Morgan fingerprint density at radius 3 is 2.41 bits per heavy atom. The molecule has 0 saturated carbocycles. The molecule has 0 aliphatic carbocycles. The minimum absolute atomic E-state index is 0.239. The molecule has 0 N–H and O–H groups in total. The number of hydrogen-bond acceptors (Lipinski definition) is 2. The van der Waals surface area contributed by atoms with Crippen LogP contribution in [0.1, 0.15) is 22.4 Å². The van der Waals surface area contributed by atoms with Crippen LogP contribution in [0.2, 0.25) is 0 Å². The molecule has 0 unspecified atom stereocenters. The highest BCUT2D eigenvalue weighted by Gasteiger charge is 2.24. The Morgan fingerprint density at radius 1 is 1.00 bits per heavy atom. The van der Waals surface area contributed by atoms with E-state index in [0.717, 1.165) is 32.7 Å². The molecule has 2 atom stereocenters. The van der Waals surface area contributed by atoms with Crippen molar-refractivity contribution in [2.45, 2.75) is 23.9 Å². The van der Waals surface area contributed by atoms with Gasteiger partial charge in [-0.3, -0.25) is 4.90 Å². The van der Waals surface area contributed by atoms with E-state index in [9.17, 15) is 0 Å². The van der Waals surface area contributed by atoms with Gasteiger partial charge < -0.3 is 4.74 Å². The van der Waals surface area contributed by atoms with Gasteiger partial charge in [-0.25, -0.2) is 0 Å². The van der Waals surface area contributed by atoms with Crippen molar-refractivity contribution in [3.05, 3.63) is 71.8 Å². The quantitative estimate of drug-likeness (QED) is 0.749. The van der Waals surface area contributed by atoms with E-state index < -0.39 is 0 Å². The largest absolute Gasteiger partial charge is 0.375 e. The highest BCUT2D eigenvalue weighted by Crippen LogP contribution is 2.31. The van der Waals surface area contributed by atoms with E-state index in [4.69, 9.17) is 4.74 Å². The summed E-state index contributed by atoms with van der Waals surface area (Å²) in [6.07, 6.45) is 1.29. The van der Waals surface area contributed by atoms with Crippen molar-refractivity contribution in [1.29, 1.82) is 0 Å². The maximum atomic E-state index is 6.10. The zero-order chi connectivity index (χ0) is 15.2. The molecule has 0 amide bonds. The Morgan fingerprint density at radius 2 is 1.68 bits per heavy atom. The number of hydrogen-bond donors (Lipinski definition) is 0. The highest BCUT2D eigenvalue weighted by molar-refractivity contribution is 9.09. The zero-order valence-electron chi connectivity index (χ0n) is 12.7. The van der Waals surface area contributed by atoms with Crippen molar-refractivity contribution in [3.63, 3.8) is 0 Å². The van der Waals surface area contributed by atoms with Gasteiger partial charge in [0.15, 0.2) is 0 Å². The van der Waals surface area contributed by atoms with Gasteiger partial charge in [-0.1, -0.05) is 76.6 Å². The van der Waals surface area contributed by atoms with E-state index in [2.05, 4.69) is 81.5 Å². The van der Waals surface area contributed by atoms with Crippen LogP contribution < -0.4 is 0 Å². The van der Waals surface area contributed by atoms with Crippen LogP contribution in [0.5, 0.6) is 0 Å². The summed E-state index contributed by atoms with van der Waals surface area (Å²) in [4.78, 5) is 2.76. The summed E-state index contributed by atoms with van der Waals surface area (Å²) in [5, 5.41) is 0. The zero-order valence-corrected chi connectivity index (χ0v) is 14.3. The first kappa shape index (κ1) is 15.7. The SMILES string of the molecule is Br[C@H](c1ccccc1)[C@H]1CCN(Cc2ccccc2)CCO1. The number of nitrogens with zero attached hydrogens (tertiary/aromatic N) is 1. The topological polar surface area (TPSA) is 12.5 Å². The molecule has 1 fully saturated rings. The molecule has 0 aromatic heterocycles. The third-order valence-corrected chi connectivity index (χ3v) is 5.28. The lowest BCUT2D eigenvalue weighted by Gasteiger charge is -2.22. The Hall–Kier alpha value is -1.16. The van der Waals surface area contributed by atoms with Gasteiger partial charge in [0.25, 0.3) is 0 Å². The minimum Gasteiger partial charge on any atom is -0.375 e. The van der Waals surface area contributed by atoms with Crippen LogP contribution in [0.4, 0.5) is 0 Å². The van der Waals surface area contributed by atoms with Gasteiger partial charge >= 0.3 is 0 Å². The molecular formula is C19H22BrNO. The Labute approximate surface area is 141 Å². The summed E-state index contributed by atoms with van der Waals surface area (Å²) in [7, 11) is 0. The molecule has 2 aromatic rings. The van der Waals surface area contributed by atoms with E-state index in [-0.39, 0.29) is 10.9 Å². The summed E-state index contributed by atoms with van der Waals surface area (Å²) < 4.78 is 6.10. The lowest BCUT2D eigenvalue weighted by Crippen LogP contribution is -2.26. The molecule has 0 bridgehead atoms. The van der Waals surface area contributed by atoms with Gasteiger partial charge in [-0.15, -0.1) is 0 Å². The van der Waals surface area contributed by atoms with Crippen LogP contribution in [0, 0.1) is 0 Å². The van der Waals surface area contributed by atoms with E-state index in [1.165, 1.54) is 11.1 Å². The highest BCUT2D eigenvalue weighted by atomic mass is 79.9. The Bertz CT molecular complexity index is 560. The van der Waals surface area contributed by atoms with Gasteiger partial charge in [0.1, 0.15) is 0 Å². The normalized spacial score (nSPS) is 21.2. The molecule has 2 aromatic carbocycles. The molecule has 0 spiro atoms. The molecule has 1 saturated heterocycles. The monoisotopic (exact) mass is 359 g/mol. The third kappa shape index (κ3) is 4.19. The summed E-state index contributed by atoms with van der Waals surface area (Å²) in [6.45, 7) is 3.88. The minimum atomic E-state index is 0.239. The van der Waals surface area contributed by atoms with Crippen molar-refractivity contribution in [2.24, 2.45) is 0 Å². The molecule has 1 aliphatic rings. The smallest absolute Gasteiger partial charge is 0.0753 e. The van der Waals surface area contributed by atoms with Crippen molar-refractivity contribution in [2.75, 3.05) is 19.7 Å². The average Bonchev–Trinajstić information content (AvgIpc) is 2.82. The number of halogens is 1. The first-order valence-electron chi connectivity index (χ1n) is 7.90. The summed E-state index contributed by atoms with van der Waals surface area (Å²) in [5.41, 5.74) is 2.67. The molecule has 22 heavy (non-hydrogen) atoms. The lowest BCUT2D eigenvalue weighted by atomic mass is 10.1. The lowest BCUT2D eigenvalue weighted by molar-refractivity contribution is 0.0615. The number of benzene rings is 2. The number of ether oxygens (including phenoxy) is 1. The second-order valence-electron chi connectivity index (χ2n) is 5.77. The summed E-state index contributed by atoms with van der Waals surface area (Å²) in [5.74, 6) is 0. The van der Waals surface area contributed by atoms with Crippen molar-refractivity contribution < 1.29 is 4.74 Å². The average molecular weight is 360 g/mol. The van der Waals surface area contributed by atoms with Gasteiger partial charge in [0.2, 0.25) is 0 Å². The molecule has 3 heteroatoms. The van der Waals surface area contributed by atoms with E-state index >= 15 is 0 Å². The van der Waals surface area contributed by atoms with Crippen LogP contribution in [0.15, 0.2) is 60.7 Å². The number of alkyl halides is 1. The fourth-order valence-electron chi connectivity index (χ4n) is 2.92. The van der Waals surface area contributed by atoms with Gasteiger partial charge in [0.05, 0.1) is 17.5 Å². The van der Waals surface area contributed by atoms with Crippen LogP contribution in [-0.4, -0.2) is 30.7 Å². The first-order chi connectivity index (χ1) is 10.8. The van der Waals surface area contributed by atoms with Gasteiger partial charge in [-0.05, 0) is 17.5 Å². The molecule has 3 rings (SSSR count). The molecular weight excluding hydrogens is 338 g/mol. The second-order valence-corrected chi connectivity index (χ2v) is 6.76. The maximum Gasteiger partial charge on any atom is 0.0753 e. The van der Waals surface area contributed by atoms with Crippen LogP contribution in [-0.2, 0) is 11.3 Å². The van der Waals surface area contributed by atoms with Crippen LogP contribution in [0.3, 0.4) is 0 Å². The summed E-state index contributed by atoms with van der Waals surface area (Å²) in [6, 6.07) is 21.2. The van der Waals surface area contributed by atoms with Crippen LogP contribution >= 0.6 is 15.9 Å². The van der Waals surface area contributed by atoms with Crippen molar-refractivity contribution in [3.8, 4) is 0 Å².